The van der Waals surface area contributed by atoms with Gasteiger partial charge >= 0.3 is 0 Å². The molecule has 0 N–H and O–H groups in total. The molecule has 0 atom stereocenters. The van der Waals surface area contributed by atoms with E-state index in [4.69, 9.17) is 4.74 Å². The Balaban J connectivity index is 1.56. The number of hydrogen-bond donors (Lipinski definition) is 0. The third-order valence-corrected chi connectivity index (χ3v) is 9.35. The fourth-order valence-corrected chi connectivity index (χ4v) is 6.74. The van der Waals surface area contributed by atoms with E-state index in [-0.39, 0.29) is 10.6 Å². The number of sulfonamides is 1. The maximum Gasteiger partial charge on any atom is 0.274 e. The summed E-state index contributed by atoms with van der Waals surface area (Å²) >= 11 is 0. The van der Waals surface area contributed by atoms with Gasteiger partial charge in [0.25, 0.3) is 5.69 Å². The molecule has 11 heteroatoms. The molecule has 0 bridgehead atoms. The van der Waals surface area contributed by atoms with Crippen LogP contribution in [0.5, 0.6) is 0 Å². The number of aromatic nitrogens is 1. The first kappa shape index (κ1) is 27.0. The van der Waals surface area contributed by atoms with Gasteiger partial charge in [-0.3, -0.25) is 15.1 Å². The largest absolute Gasteiger partial charge is 0.379 e. The van der Waals surface area contributed by atoms with Gasteiger partial charge in [0.15, 0.2) is 0 Å². The third kappa shape index (κ3) is 5.34. The lowest BCUT2D eigenvalue weighted by Crippen LogP contribution is -2.40. The van der Waals surface area contributed by atoms with Gasteiger partial charge < -0.3 is 14.2 Å². The van der Waals surface area contributed by atoms with E-state index in [1.54, 1.807) is 37.4 Å². The van der Waals surface area contributed by atoms with Crippen molar-refractivity contribution < 1.29 is 18.1 Å². The van der Waals surface area contributed by atoms with Gasteiger partial charge in [0, 0.05) is 61.0 Å². The molecule has 2 aliphatic rings. The maximum absolute atomic E-state index is 13.5. The second kappa shape index (κ2) is 10.9. The predicted octanol–water partition coefficient (Wildman–Crippen LogP) is 4.68. The van der Waals surface area contributed by atoms with E-state index >= 15 is 0 Å². The number of nitro groups is 1. The SMILES string of the molecule is Cc1ccc(N=Cc2cc(C)n(-c3cc(S(=O)(=O)N4CCOCC4)ccc3N3CCCC3)c2C)cc1[N+](=O)[O-]. The summed E-state index contributed by atoms with van der Waals surface area (Å²) in [6.07, 6.45) is 3.89. The van der Waals surface area contributed by atoms with Crippen LogP contribution in [-0.4, -0.2) is 67.8 Å². The normalized spacial score (nSPS) is 16.8. The second-order valence-electron chi connectivity index (χ2n) is 10.0. The van der Waals surface area contributed by atoms with Gasteiger partial charge in [0.2, 0.25) is 10.0 Å². The molecule has 1 aromatic heterocycles. The van der Waals surface area contributed by atoms with Gasteiger partial charge in [-0.25, -0.2) is 8.42 Å². The first-order chi connectivity index (χ1) is 18.7. The monoisotopic (exact) mass is 551 g/mol. The summed E-state index contributed by atoms with van der Waals surface area (Å²) in [5.74, 6) is 0. The molecule has 206 valence electrons. The lowest BCUT2D eigenvalue weighted by Gasteiger charge is -2.28. The number of hydrogen-bond acceptors (Lipinski definition) is 7. The van der Waals surface area contributed by atoms with Crippen molar-refractivity contribution >= 4 is 33.3 Å². The summed E-state index contributed by atoms with van der Waals surface area (Å²) in [5, 5.41) is 11.3. The number of rotatable bonds is 7. The smallest absolute Gasteiger partial charge is 0.274 e. The molecule has 0 spiro atoms. The Bertz CT molecular complexity index is 1530. The molecule has 2 fully saturated rings. The van der Waals surface area contributed by atoms with Crippen molar-refractivity contribution in [1.29, 1.82) is 0 Å². The van der Waals surface area contributed by atoms with Crippen molar-refractivity contribution in [2.45, 2.75) is 38.5 Å². The van der Waals surface area contributed by atoms with E-state index in [2.05, 4.69) is 14.5 Å². The van der Waals surface area contributed by atoms with Crippen LogP contribution >= 0.6 is 0 Å². The molecule has 0 aliphatic carbocycles. The highest BCUT2D eigenvalue weighted by atomic mass is 32.2. The molecule has 0 saturated carbocycles. The minimum atomic E-state index is -3.67. The number of nitrogens with zero attached hydrogens (tertiary/aromatic N) is 5. The van der Waals surface area contributed by atoms with Crippen LogP contribution < -0.4 is 4.90 Å². The number of aliphatic imine (C=N–C) groups is 1. The van der Waals surface area contributed by atoms with E-state index in [1.807, 2.05) is 26.0 Å². The van der Waals surface area contributed by atoms with Crippen LogP contribution in [0.2, 0.25) is 0 Å². The zero-order valence-corrected chi connectivity index (χ0v) is 23.3. The molecule has 10 nitrogen and oxygen atoms in total. The second-order valence-corrected chi connectivity index (χ2v) is 11.9. The number of benzene rings is 2. The van der Waals surface area contributed by atoms with Crippen LogP contribution in [0.15, 0.2) is 52.4 Å². The van der Waals surface area contributed by atoms with Crippen molar-refractivity contribution in [3.8, 4) is 5.69 Å². The van der Waals surface area contributed by atoms with Crippen LogP contribution in [0, 0.1) is 30.9 Å². The first-order valence-electron chi connectivity index (χ1n) is 13.1. The quantitative estimate of drug-likeness (QED) is 0.240. The zero-order valence-electron chi connectivity index (χ0n) is 22.5. The molecule has 3 heterocycles. The number of anilines is 1. The van der Waals surface area contributed by atoms with Crippen LogP contribution in [0.25, 0.3) is 5.69 Å². The summed E-state index contributed by atoms with van der Waals surface area (Å²) < 4.78 is 36.0. The minimum absolute atomic E-state index is 0.0312. The van der Waals surface area contributed by atoms with Crippen LogP contribution in [0.1, 0.15) is 35.4 Å². The molecule has 5 rings (SSSR count). The van der Waals surface area contributed by atoms with Crippen LogP contribution in [-0.2, 0) is 14.8 Å². The van der Waals surface area contributed by atoms with Crippen molar-refractivity contribution in [2.24, 2.45) is 4.99 Å². The fraction of sp³-hybridized carbons (Fsp3) is 0.393. The molecule has 0 amide bonds. The van der Waals surface area contributed by atoms with Crippen molar-refractivity contribution in [3.05, 3.63) is 75.1 Å². The molecular formula is C28H33N5O5S. The minimum Gasteiger partial charge on any atom is -0.379 e. The van der Waals surface area contributed by atoms with Gasteiger partial charge in [0.05, 0.1) is 40.1 Å². The maximum atomic E-state index is 13.5. The van der Waals surface area contributed by atoms with Gasteiger partial charge in [-0.05, 0) is 63.9 Å². The van der Waals surface area contributed by atoms with E-state index in [9.17, 15) is 18.5 Å². The highest BCUT2D eigenvalue weighted by Crippen LogP contribution is 2.34. The molecule has 2 aliphatic heterocycles. The number of ether oxygens (including phenoxy) is 1. The van der Waals surface area contributed by atoms with E-state index in [0.29, 0.717) is 37.6 Å². The molecular weight excluding hydrogens is 518 g/mol. The van der Waals surface area contributed by atoms with E-state index < -0.39 is 14.9 Å². The molecule has 2 saturated heterocycles. The average molecular weight is 552 g/mol. The van der Waals surface area contributed by atoms with Crippen molar-refractivity contribution in [1.82, 2.24) is 8.87 Å². The third-order valence-electron chi connectivity index (χ3n) is 7.45. The van der Waals surface area contributed by atoms with Crippen LogP contribution in [0.4, 0.5) is 17.1 Å². The van der Waals surface area contributed by atoms with Gasteiger partial charge in [-0.2, -0.15) is 4.31 Å². The lowest BCUT2D eigenvalue weighted by atomic mass is 10.2. The number of morpholine rings is 1. The van der Waals surface area contributed by atoms with Gasteiger partial charge in [0.1, 0.15) is 0 Å². The van der Waals surface area contributed by atoms with Gasteiger partial charge in [-0.1, -0.05) is 6.07 Å². The highest BCUT2D eigenvalue weighted by Gasteiger charge is 2.29. The Morgan fingerprint density at radius 1 is 0.949 bits per heavy atom. The Morgan fingerprint density at radius 3 is 2.36 bits per heavy atom. The molecule has 39 heavy (non-hydrogen) atoms. The number of aryl methyl sites for hydroxylation is 2. The Hall–Kier alpha value is -3.54. The standard InChI is InChI=1S/C28H33N5O5S/c1-20-6-7-24(17-27(20)33(34)35)29-19-23-16-21(2)32(22(23)3)28-18-25(8-9-26(28)30-10-4-5-11-30)39(36,37)31-12-14-38-15-13-31/h6-9,16-19H,4-5,10-15H2,1-3H3. The summed E-state index contributed by atoms with van der Waals surface area (Å²) in [6, 6.07) is 12.3. The Kier molecular flexibility index (Phi) is 7.57. The topological polar surface area (TPSA) is 110 Å². The average Bonchev–Trinajstić information content (AvgIpc) is 3.56. The molecule has 2 aromatic carbocycles. The Morgan fingerprint density at radius 2 is 1.67 bits per heavy atom. The summed E-state index contributed by atoms with van der Waals surface area (Å²) in [6.45, 7) is 8.95. The van der Waals surface area contributed by atoms with Gasteiger partial charge in [-0.15, -0.1) is 0 Å². The van der Waals surface area contributed by atoms with Crippen molar-refractivity contribution in [2.75, 3.05) is 44.3 Å². The number of nitro benzene ring substituents is 1. The first-order valence-corrected chi connectivity index (χ1v) is 14.6. The summed E-state index contributed by atoms with van der Waals surface area (Å²) in [7, 11) is -3.67. The molecule has 3 aromatic rings. The summed E-state index contributed by atoms with van der Waals surface area (Å²) in [5.41, 5.74) is 5.60. The van der Waals surface area contributed by atoms with E-state index in [1.165, 1.54) is 10.4 Å². The highest BCUT2D eigenvalue weighted by molar-refractivity contribution is 7.89. The Labute approximate surface area is 228 Å². The molecule has 0 unspecified atom stereocenters. The zero-order chi connectivity index (χ0) is 27.7. The van der Waals surface area contributed by atoms with Crippen LogP contribution in [0.3, 0.4) is 0 Å². The fourth-order valence-electron chi connectivity index (χ4n) is 5.31. The lowest BCUT2D eigenvalue weighted by molar-refractivity contribution is -0.385. The predicted molar refractivity (Wildman–Crippen MR) is 151 cm³/mol. The van der Waals surface area contributed by atoms with E-state index in [0.717, 1.165) is 54.3 Å². The molecule has 0 radical (unpaired) electrons. The van der Waals surface area contributed by atoms with Crippen molar-refractivity contribution in [3.63, 3.8) is 0 Å². The summed E-state index contributed by atoms with van der Waals surface area (Å²) in [4.78, 5) is 18.0.